The number of carbonyl (C=O) groups excluding carboxylic acids is 1. The minimum absolute atomic E-state index is 0.0128. The summed E-state index contributed by atoms with van der Waals surface area (Å²) in [7, 11) is 3.69. The van der Waals surface area contributed by atoms with Gasteiger partial charge >= 0.3 is 0 Å². The van der Waals surface area contributed by atoms with Crippen LogP contribution in [0.3, 0.4) is 0 Å². The Labute approximate surface area is 173 Å². The number of guanidine groups is 1. The van der Waals surface area contributed by atoms with E-state index in [1.54, 1.807) is 18.4 Å². The molecule has 0 aromatic carbocycles. The molecule has 28 heavy (non-hydrogen) atoms. The molecule has 1 aromatic heterocycles. The average molecular weight is 410 g/mol. The van der Waals surface area contributed by atoms with Gasteiger partial charge in [-0.25, -0.2) is 4.98 Å². The highest BCUT2D eigenvalue weighted by Crippen LogP contribution is 2.27. The lowest BCUT2D eigenvalue weighted by molar-refractivity contribution is -0.121. The van der Waals surface area contributed by atoms with E-state index >= 15 is 0 Å². The van der Waals surface area contributed by atoms with Gasteiger partial charge in [0.25, 0.3) is 0 Å². The number of hydrogen-bond donors (Lipinski definition) is 2. The summed E-state index contributed by atoms with van der Waals surface area (Å²) in [6.45, 7) is 6.65. The second-order valence-corrected chi connectivity index (χ2v) is 8.24. The van der Waals surface area contributed by atoms with Gasteiger partial charge in [0.1, 0.15) is 11.1 Å². The molecule has 7 nitrogen and oxygen atoms in total. The molecule has 2 N–H and O–H groups in total. The first-order valence-corrected chi connectivity index (χ1v) is 11.1. The highest BCUT2D eigenvalue weighted by atomic mass is 32.1. The topological polar surface area (TPSA) is 78.9 Å². The summed E-state index contributed by atoms with van der Waals surface area (Å²) in [6.07, 6.45) is 5.61. The van der Waals surface area contributed by atoms with Gasteiger partial charge in [-0.15, -0.1) is 11.3 Å². The quantitative estimate of drug-likeness (QED) is 0.353. The fourth-order valence-corrected chi connectivity index (χ4v) is 4.22. The van der Waals surface area contributed by atoms with Gasteiger partial charge in [-0.2, -0.15) is 0 Å². The zero-order valence-corrected chi connectivity index (χ0v) is 18.5. The summed E-state index contributed by atoms with van der Waals surface area (Å²) < 4.78 is 5.33. The molecule has 0 saturated heterocycles. The van der Waals surface area contributed by atoms with E-state index in [1.807, 2.05) is 20.9 Å². The van der Waals surface area contributed by atoms with Crippen molar-refractivity contribution in [3.05, 3.63) is 16.1 Å². The molecule has 1 aromatic rings. The molecule has 1 aliphatic carbocycles. The number of aromatic nitrogens is 1. The number of methoxy groups -OCH3 is 1. The second-order valence-electron chi connectivity index (χ2n) is 7.35. The number of nitrogens with one attached hydrogen (secondary N) is 2. The lowest BCUT2D eigenvalue weighted by Crippen LogP contribution is -2.39. The first-order valence-electron chi connectivity index (χ1n) is 10.3. The van der Waals surface area contributed by atoms with Crippen molar-refractivity contribution in [1.82, 2.24) is 20.5 Å². The molecule has 0 bridgehead atoms. The number of amides is 1. The third-order valence-corrected chi connectivity index (χ3v) is 6.07. The molecule has 1 fully saturated rings. The maximum Gasteiger partial charge on any atom is 0.220 e. The predicted octanol–water partition coefficient (Wildman–Crippen LogP) is 2.94. The molecule has 1 amide bonds. The first kappa shape index (κ1) is 22.6. The average Bonchev–Trinajstić information content (AvgIpc) is 3.35. The van der Waals surface area contributed by atoms with Crippen LogP contribution in [-0.2, 0) is 16.1 Å². The number of thiazole rings is 1. The minimum Gasteiger partial charge on any atom is -0.375 e. The van der Waals surface area contributed by atoms with Crippen LogP contribution < -0.4 is 10.6 Å². The number of aliphatic imine (C=N–C) groups is 1. The number of nitrogens with zero attached hydrogens (tertiary/aromatic N) is 3. The largest absolute Gasteiger partial charge is 0.375 e. The number of rotatable bonds is 10. The Bertz CT molecular complexity index is 628. The summed E-state index contributed by atoms with van der Waals surface area (Å²) in [5.74, 6) is 1.56. The van der Waals surface area contributed by atoms with Crippen LogP contribution in [0.4, 0.5) is 0 Å². The molecule has 0 spiro atoms. The van der Waals surface area contributed by atoms with E-state index in [2.05, 4.69) is 30.9 Å². The van der Waals surface area contributed by atoms with E-state index in [1.165, 1.54) is 25.7 Å². The van der Waals surface area contributed by atoms with Gasteiger partial charge in [-0.05, 0) is 32.6 Å². The Balaban J connectivity index is 1.79. The number of ether oxygens (including phenoxy) is 1. The van der Waals surface area contributed by atoms with Crippen molar-refractivity contribution in [1.29, 1.82) is 0 Å². The molecule has 1 saturated carbocycles. The fourth-order valence-electron chi connectivity index (χ4n) is 3.38. The van der Waals surface area contributed by atoms with Crippen LogP contribution in [0.2, 0.25) is 0 Å². The predicted molar refractivity (Wildman–Crippen MR) is 115 cm³/mol. The van der Waals surface area contributed by atoms with Crippen molar-refractivity contribution >= 4 is 23.2 Å². The van der Waals surface area contributed by atoms with Gasteiger partial charge in [-0.3, -0.25) is 9.79 Å². The van der Waals surface area contributed by atoms with Crippen LogP contribution in [-0.4, -0.2) is 55.5 Å². The van der Waals surface area contributed by atoms with E-state index in [0.29, 0.717) is 32.0 Å². The summed E-state index contributed by atoms with van der Waals surface area (Å²) in [5, 5.41) is 9.35. The van der Waals surface area contributed by atoms with Crippen LogP contribution in [0.1, 0.15) is 62.8 Å². The van der Waals surface area contributed by atoms with Crippen molar-refractivity contribution in [3.63, 3.8) is 0 Å². The van der Waals surface area contributed by atoms with E-state index in [9.17, 15) is 4.79 Å². The van der Waals surface area contributed by atoms with Crippen LogP contribution >= 0.6 is 11.3 Å². The highest BCUT2D eigenvalue weighted by Gasteiger charge is 2.18. The fraction of sp³-hybridized carbons (Fsp3) is 0.750. The Morgan fingerprint density at radius 3 is 2.86 bits per heavy atom. The van der Waals surface area contributed by atoms with Crippen LogP contribution in [0, 0.1) is 5.92 Å². The lowest BCUT2D eigenvalue weighted by atomic mass is 10.0. The Kier molecular flexibility index (Phi) is 9.70. The maximum atomic E-state index is 12.0. The molecule has 0 radical (unpaired) electrons. The standard InChI is InChI=1S/C20H35N5O2S/c1-5-21-20(23-11-10-22-18(26)12-16-8-6-7-9-16)25(3)13-17-14-28-19(24-17)15(2)27-4/h14-16H,5-13H2,1-4H3,(H,21,23)(H,22,26). The monoisotopic (exact) mass is 409 g/mol. The third kappa shape index (κ3) is 7.39. The molecular formula is C20H35N5O2S. The molecule has 1 unspecified atom stereocenters. The van der Waals surface area contributed by atoms with Crippen LogP contribution in [0.15, 0.2) is 10.4 Å². The highest BCUT2D eigenvalue weighted by molar-refractivity contribution is 7.09. The number of hydrogen-bond acceptors (Lipinski definition) is 5. The third-order valence-electron chi connectivity index (χ3n) is 5.01. The van der Waals surface area contributed by atoms with Gasteiger partial charge in [0.2, 0.25) is 5.91 Å². The molecule has 2 rings (SSSR count). The molecule has 1 aliphatic rings. The van der Waals surface area contributed by atoms with Gasteiger partial charge in [0.05, 0.1) is 18.8 Å². The normalized spacial score (nSPS) is 16.2. The summed E-state index contributed by atoms with van der Waals surface area (Å²) in [6, 6.07) is 0. The van der Waals surface area contributed by atoms with E-state index in [0.717, 1.165) is 23.2 Å². The van der Waals surface area contributed by atoms with E-state index in [4.69, 9.17) is 4.74 Å². The van der Waals surface area contributed by atoms with Gasteiger partial charge in [0, 0.05) is 39.0 Å². The van der Waals surface area contributed by atoms with Crippen molar-refractivity contribution in [2.24, 2.45) is 10.9 Å². The molecular weight excluding hydrogens is 374 g/mol. The smallest absolute Gasteiger partial charge is 0.220 e. The van der Waals surface area contributed by atoms with Crippen molar-refractivity contribution < 1.29 is 9.53 Å². The van der Waals surface area contributed by atoms with Crippen LogP contribution in [0.25, 0.3) is 0 Å². The zero-order valence-electron chi connectivity index (χ0n) is 17.7. The van der Waals surface area contributed by atoms with Crippen molar-refractivity contribution in [2.75, 3.05) is 33.8 Å². The molecule has 8 heteroatoms. The molecule has 1 heterocycles. The minimum atomic E-state index is 0.0128. The molecule has 1 atom stereocenters. The Morgan fingerprint density at radius 1 is 1.43 bits per heavy atom. The SMILES string of the molecule is CCNC(=NCCNC(=O)CC1CCCC1)N(C)Cc1csc(C(C)OC)n1. The Morgan fingerprint density at radius 2 is 2.18 bits per heavy atom. The summed E-state index contributed by atoms with van der Waals surface area (Å²) >= 11 is 1.62. The van der Waals surface area contributed by atoms with E-state index < -0.39 is 0 Å². The summed E-state index contributed by atoms with van der Waals surface area (Å²) in [4.78, 5) is 23.4. The van der Waals surface area contributed by atoms with Gasteiger partial charge < -0.3 is 20.3 Å². The number of carbonyl (C=O) groups is 1. The molecule has 158 valence electrons. The lowest BCUT2D eigenvalue weighted by Gasteiger charge is -2.21. The maximum absolute atomic E-state index is 12.0. The first-order chi connectivity index (χ1) is 13.5. The Hall–Kier alpha value is -1.67. The van der Waals surface area contributed by atoms with Crippen molar-refractivity contribution in [2.45, 2.75) is 58.6 Å². The zero-order chi connectivity index (χ0) is 20.4. The summed E-state index contributed by atoms with van der Waals surface area (Å²) in [5.41, 5.74) is 1.00. The van der Waals surface area contributed by atoms with Gasteiger partial charge in [-0.1, -0.05) is 12.8 Å². The van der Waals surface area contributed by atoms with Crippen LogP contribution in [0.5, 0.6) is 0 Å². The van der Waals surface area contributed by atoms with Gasteiger partial charge in [0.15, 0.2) is 5.96 Å². The molecule has 0 aliphatic heterocycles. The van der Waals surface area contributed by atoms with E-state index in [-0.39, 0.29) is 12.0 Å². The van der Waals surface area contributed by atoms with Crippen molar-refractivity contribution in [3.8, 4) is 0 Å². The second kappa shape index (κ2) is 12.0.